The Morgan fingerprint density at radius 3 is 2.55 bits per heavy atom. The standard InChI is InChI=1S/C12H13N3O5/c1-5-4-8(15-19-5)11(16)13-7(3)10-9(12(17)18)6(2)14-20-10/h4,7H,1-3H3,(H,13,16)(H,17,18). The summed E-state index contributed by atoms with van der Waals surface area (Å²) in [6.07, 6.45) is 0. The van der Waals surface area contributed by atoms with Crippen LogP contribution in [0, 0.1) is 13.8 Å². The summed E-state index contributed by atoms with van der Waals surface area (Å²) in [7, 11) is 0. The van der Waals surface area contributed by atoms with Crippen LogP contribution in [0.5, 0.6) is 0 Å². The predicted molar refractivity (Wildman–Crippen MR) is 65.3 cm³/mol. The number of rotatable bonds is 4. The molecule has 0 radical (unpaired) electrons. The highest BCUT2D eigenvalue weighted by Gasteiger charge is 2.26. The lowest BCUT2D eigenvalue weighted by Crippen LogP contribution is -2.27. The first-order chi connectivity index (χ1) is 9.40. The molecule has 106 valence electrons. The molecule has 8 heteroatoms. The Bertz CT molecular complexity index is 658. The topological polar surface area (TPSA) is 118 Å². The Kier molecular flexibility index (Phi) is 3.55. The largest absolute Gasteiger partial charge is 0.477 e. The molecule has 2 aromatic heterocycles. The van der Waals surface area contributed by atoms with E-state index in [0.29, 0.717) is 5.76 Å². The number of aromatic carboxylic acids is 1. The second-order valence-corrected chi connectivity index (χ2v) is 4.33. The van der Waals surface area contributed by atoms with Crippen LogP contribution in [-0.2, 0) is 0 Å². The first kappa shape index (κ1) is 13.8. The summed E-state index contributed by atoms with van der Waals surface area (Å²) in [5, 5.41) is 18.9. The van der Waals surface area contributed by atoms with Gasteiger partial charge in [-0.2, -0.15) is 0 Å². The van der Waals surface area contributed by atoms with Gasteiger partial charge in [0.05, 0.1) is 11.7 Å². The lowest BCUT2D eigenvalue weighted by atomic mass is 10.1. The third kappa shape index (κ3) is 2.53. The SMILES string of the molecule is Cc1cc(C(=O)NC(C)c2onc(C)c2C(=O)O)no1. The second-order valence-electron chi connectivity index (χ2n) is 4.33. The van der Waals surface area contributed by atoms with Gasteiger partial charge in [-0.05, 0) is 20.8 Å². The minimum Gasteiger partial charge on any atom is -0.477 e. The van der Waals surface area contributed by atoms with E-state index < -0.39 is 17.9 Å². The smallest absolute Gasteiger partial charge is 0.341 e. The molecule has 2 N–H and O–H groups in total. The molecule has 20 heavy (non-hydrogen) atoms. The Morgan fingerprint density at radius 1 is 1.30 bits per heavy atom. The van der Waals surface area contributed by atoms with E-state index in [1.807, 2.05) is 0 Å². The molecular weight excluding hydrogens is 266 g/mol. The third-order valence-corrected chi connectivity index (χ3v) is 2.70. The maximum Gasteiger partial charge on any atom is 0.341 e. The molecule has 0 fully saturated rings. The predicted octanol–water partition coefficient (Wildman–Crippen LogP) is 1.47. The summed E-state index contributed by atoms with van der Waals surface area (Å²) >= 11 is 0. The van der Waals surface area contributed by atoms with Gasteiger partial charge in [-0.3, -0.25) is 4.79 Å². The number of carboxylic acids is 1. The van der Waals surface area contributed by atoms with E-state index in [9.17, 15) is 9.59 Å². The van der Waals surface area contributed by atoms with Crippen LogP contribution in [0.25, 0.3) is 0 Å². The molecule has 0 aliphatic rings. The second kappa shape index (κ2) is 5.16. The van der Waals surface area contributed by atoms with Crippen molar-refractivity contribution in [1.82, 2.24) is 15.6 Å². The first-order valence-electron chi connectivity index (χ1n) is 5.83. The number of aromatic nitrogens is 2. The Balaban J connectivity index is 2.18. The van der Waals surface area contributed by atoms with E-state index in [4.69, 9.17) is 14.2 Å². The highest BCUT2D eigenvalue weighted by atomic mass is 16.5. The lowest BCUT2D eigenvalue weighted by molar-refractivity contribution is 0.0690. The van der Waals surface area contributed by atoms with E-state index in [1.54, 1.807) is 13.8 Å². The van der Waals surface area contributed by atoms with Crippen LogP contribution in [0.4, 0.5) is 0 Å². The van der Waals surface area contributed by atoms with Crippen molar-refractivity contribution in [1.29, 1.82) is 0 Å². The summed E-state index contributed by atoms with van der Waals surface area (Å²) < 4.78 is 9.77. The maximum atomic E-state index is 11.9. The number of carbonyl (C=O) groups is 2. The lowest BCUT2D eigenvalue weighted by Gasteiger charge is -2.10. The molecule has 0 spiro atoms. The average molecular weight is 279 g/mol. The summed E-state index contributed by atoms with van der Waals surface area (Å²) in [5.74, 6) is -1.05. The number of aryl methyl sites for hydroxylation is 2. The first-order valence-corrected chi connectivity index (χ1v) is 5.83. The fourth-order valence-corrected chi connectivity index (χ4v) is 1.75. The Morgan fingerprint density at radius 2 is 2.00 bits per heavy atom. The van der Waals surface area contributed by atoms with Gasteiger partial charge in [-0.25, -0.2) is 4.79 Å². The van der Waals surface area contributed by atoms with Gasteiger partial charge in [0.25, 0.3) is 5.91 Å². The molecule has 0 saturated carbocycles. The summed E-state index contributed by atoms with van der Waals surface area (Å²) in [6, 6.07) is 0.818. The third-order valence-electron chi connectivity index (χ3n) is 2.70. The molecule has 0 aromatic carbocycles. The molecular formula is C12H13N3O5. The van der Waals surface area contributed by atoms with Gasteiger partial charge < -0.3 is 19.5 Å². The highest BCUT2D eigenvalue weighted by molar-refractivity contribution is 5.93. The Hall–Kier alpha value is -2.64. The van der Waals surface area contributed by atoms with Crippen molar-refractivity contribution in [3.05, 3.63) is 34.5 Å². The number of carbonyl (C=O) groups excluding carboxylic acids is 1. The van der Waals surface area contributed by atoms with Crippen LogP contribution in [0.2, 0.25) is 0 Å². The van der Waals surface area contributed by atoms with Crippen molar-refractivity contribution in [3.63, 3.8) is 0 Å². The van der Waals surface area contributed by atoms with Crippen LogP contribution in [0.1, 0.15) is 51.0 Å². The van der Waals surface area contributed by atoms with Gasteiger partial charge in [0, 0.05) is 6.07 Å². The van der Waals surface area contributed by atoms with E-state index in [0.717, 1.165) is 0 Å². The van der Waals surface area contributed by atoms with Crippen LogP contribution >= 0.6 is 0 Å². The van der Waals surface area contributed by atoms with Crippen molar-refractivity contribution in [3.8, 4) is 0 Å². The number of hydrogen-bond acceptors (Lipinski definition) is 6. The van der Waals surface area contributed by atoms with Crippen molar-refractivity contribution in [2.24, 2.45) is 0 Å². The van der Waals surface area contributed by atoms with E-state index in [2.05, 4.69) is 15.6 Å². The van der Waals surface area contributed by atoms with E-state index >= 15 is 0 Å². The monoisotopic (exact) mass is 279 g/mol. The van der Waals surface area contributed by atoms with Crippen molar-refractivity contribution in [2.45, 2.75) is 26.8 Å². The molecule has 0 aliphatic heterocycles. The molecule has 8 nitrogen and oxygen atoms in total. The van der Waals surface area contributed by atoms with Crippen LogP contribution < -0.4 is 5.32 Å². The molecule has 0 bridgehead atoms. The normalized spacial score (nSPS) is 12.2. The molecule has 2 aromatic rings. The van der Waals surface area contributed by atoms with Crippen molar-refractivity contribution >= 4 is 11.9 Å². The van der Waals surface area contributed by atoms with E-state index in [-0.39, 0.29) is 22.7 Å². The number of amides is 1. The van der Waals surface area contributed by atoms with Gasteiger partial charge in [0.1, 0.15) is 11.3 Å². The summed E-state index contributed by atoms with van der Waals surface area (Å²) in [6.45, 7) is 4.78. The quantitative estimate of drug-likeness (QED) is 0.869. The number of carboxylic acid groups (broad SMARTS) is 1. The molecule has 1 amide bonds. The zero-order valence-electron chi connectivity index (χ0n) is 11.1. The summed E-state index contributed by atoms with van der Waals surface area (Å²) in [4.78, 5) is 23.0. The van der Waals surface area contributed by atoms with Crippen LogP contribution in [0.3, 0.4) is 0 Å². The fraction of sp³-hybridized carbons (Fsp3) is 0.333. The molecule has 2 rings (SSSR count). The molecule has 1 unspecified atom stereocenters. The minimum atomic E-state index is -1.16. The van der Waals surface area contributed by atoms with Crippen LogP contribution in [-0.4, -0.2) is 27.3 Å². The zero-order chi connectivity index (χ0) is 14.9. The molecule has 0 saturated heterocycles. The molecule has 0 aliphatic carbocycles. The maximum absolute atomic E-state index is 11.9. The van der Waals surface area contributed by atoms with Gasteiger partial charge >= 0.3 is 5.97 Å². The van der Waals surface area contributed by atoms with Gasteiger partial charge in [-0.1, -0.05) is 10.3 Å². The van der Waals surface area contributed by atoms with Crippen molar-refractivity contribution < 1.29 is 23.7 Å². The van der Waals surface area contributed by atoms with Gasteiger partial charge in [0.2, 0.25) is 0 Å². The Labute approximate surface area is 113 Å². The number of nitrogens with one attached hydrogen (secondary N) is 1. The van der Waals surface area contributed by atoms with Gasteiger partial charge in [0.15, 0.2) is 11.5 Å². The van der Waals surface area contributed by atoms with E-state index in [1.165, 1.54) is 13.0 Å². The van der Waals surface area contributed by atoms with Gasteiger partial charge in [-0.15, -0.1) is 0 Å². The summed E-state index contributed by atoms with van der Waals surface area (Å²) in [5.41, 5.74) is 0.322. The fourth-order valence-electron chi connectivity index (χ4n) is 1.75. The highest BCUT2D eigenvalue weighted by Crippen LogP contribution is 2.21. The zero-order valence-corrected chi connectivity index (χ0v) is 11.1. The number of hydrogen-bond donors (Lipinski definition) is 2. The van der Waals surface area contributed by atoms with Crippen LogP contribution in [0.15, 0.2) is 15.1 Å². The number of nitrogens with zero attached hydrogens (tertiary/aromatic N) is 2. The minimum absolute atomic E-state index is 0.0471. The molecule has 2 heterocycles. The van der Waals surface area contributed by atoms with Crippen molar-refractivity contribution in [2.75, 3.05) is 0 Å². The average Bonchev–Trinajstić information content (AvgIpc) is 2.95. The molecule has 1 atom stereocenters.